The van der Waals surface area contributed by atoms with Crippen LogP contribution in [0.3, 0.4) is 0 Å². The van der Waals surface area contributed by atoms with Gasteiger partial charge in [0, 0.05) is 83.8 Å². The maximum atomic E-state index is 0. The molecule has 4 heavy (non-hydrogen) atoms. The van der Waals surface area contributed by atoms with E-state index >= 15 is 0 Å². The van der Waals surface area contributed by atoms with Crippen molar-refractivity contribution in [2.75, 3.05) is 0 Å². The summed E-state index contributed by atoms with van der Waals surface area (Å²) in [6.45, 7) is 0. The van der Waals surface area contributed by atoms with Crippen molar-refractivity contribution in [3.05, 3.63) is 0 Å². The van der Waals surface area contributed by atoms with Crippen LogP contribution >= 0.6 is 0 Å². The summed E-state index contributed by atoms with van der Waals surface area (Å²) in [7, 11) is 0. The largest absolute Gasteiger partial charge is 0 e. The predicted octanol–water partition coefficient (Wildman–Crippen LogP) is -0.0100. The molecular formula is MnPtRhZr. The van der Waals surface area contributed by atoms with Gasteiger partial charge in [0.15, 0.2) is 0 Å². The molecule has 0 aromatic carbocycles. The Balaban J connectivity index is 0. The van der Waals surface area contributed by atoms with E-state index in [4.69, 9.17) is 0 Å². The van der Waals surface area contributed by atoms with Crippen LogP contribution in [-0.4, -0.2) is 0 Å². The van der Waals surface area contributed by atoms with Gasteiger partial charge in [0.2, 0.25) is 0 Å². The molecule has 0 N–H and O–H groups in total. The molecule has 0 fully saturated rings. The van der Waals surface area contributed by atoms with Crippen LogP contribution in [0.2, 0.25) is 0 Å². The molecule has 0 spiro atoms. The molecule has 0 heterocycles. The summed E-state index contributed by atoms with van der Waals surface area (Å²) in [6, 6.07) is 0. The molecule has 0 unspecified atom stereocenters. The van der Waals surface area contributed by atoms with Crippen LogP contribution in [0.5, 0.6) is 0 Å². The van der Waals surface area contributed by atoms with Gasteiger partial charge in [0.1, 0.15) is 0 Å². The summed E-state index contributed by atoms with van der Waals surface area (Å²) < 4.78 is 0. The number of hydrogen-bond donors (Lipinski definition) is 0. The SMILES string of the molecule is [Mn].[Pt].[Rh].[Zr]. The third kappa shape index (κ3) is 8.83. The fraction of sp³-hybridized carbons (Fsp3) is 0. The Morgan fingerprint density at radius 3 is 1.00 bits per heavy atom. The standard InChI is InChI=1S/Mn.Pt.Rh.Zr. The van der Waals surface area contributed by atoms with Gasteiger partial charge in [-0.05, 0) is 0 Å². The van der Waals surface area contributed by atoms with Crippen molar-refractivity contribution in [1.29, 1.82) is 0 Å². The Hall–Kier alpha value is 2.71. The molecule has 0 aromatic rings. The predicted molar refractivity (Wildman–Crippen MR) is 0 cm³/mol. The van der Waals surface area contributed by atoms with E-state index in [9.17, 15) is 0 Å². The van der Waals surface area contributed by atoms with Gasteiger partial charge < -0.3 is 0 Å². The van der Waals surface area contributed by atoms with Gasteiger partial charge in [0.05, 0.1) is 0 Å². The summed E-state index contributed by atoms with van der Waals surface area (Å²) in [4.78, 5) is 0. The fourth-order valence-corrected chi connectivity index (χ4v) is 0. The van der Waals surface area contributed by atoms with Crippen molar-refractivity contribution in [3.63, 3.8) is 0 Å². The maximum Gasteiger partial charge on any atom is 0 e. The van der Waals surface area contributed by atoms with Crippen molar-refractivity contribution in [1.82, 2.24) is 0 Å². The van der Waals surface area contributed by atoms with Crippen LogP contribution in [0, 0.1) is 0 Å². The molecule has 0 atom stereocenters. The van der Waals surface area contributed by atoms with Crippen LogP contribution in [0.15, 0.2) is 0 Å². The van der Waals surface area contributed by atoms with Gasteiger partial charge in [-0.1, -0.05) is 0 Å². The van der Waals surface area contributed by atoms with E-state index in [0.29, 0.717) is 0 Å². The van der Waals surface area contributed by atoms with Gasteiger partial charge in [0.25, 0.3) is 0 Å². The third-order valence-electron chi connectivity index (χ3n) is 0. The van der Waals surface area contributed by atoms with Crippen molar-refractivity contribution in [2.24, 2.45) is 0 Å². The minimum atomic E-state index is 0. The molecule has 0 bridgehead atoms. The average Bonchev–Trinajstić information content (AvgIpc) is 0. The van der Waals surface area contributed by atoms with Crippen molar-refractivity contribution in [2.45, 2.75) is 0 Å². The van der Waals surface area contributed by atoms with Gasteiger partial charge in [-0.3, -0.25) is 0 Å². The Labute approximate surface area is 82.5 Å². The first-order valence-corrected chi connectivity index (χ1v) is 0. The van der Waals surface area contributed by atoms with E-state index in [0.717, 1.165) is 0 Å². The summed E-state index contributed by atoms with van der Waals surface area (Å²) in [6.07, 6.45) is 0. The van der Waals surface area contributed by atoms with Gasteiger partial charge in [-0.2, -0.15) is 0 Å². The zero-order valence-electron chi connectivity index (χ0n) is 1.53. The first-order chi connectivity index (χ1) is 0. The van der Waals surface area contributed by atoms with E-state index < -0.39 is 0 Å². The van der Waals surface area contributed by atoms with Crippen LogP contribution in [0.4, 0.5) is 0 Å². The smallest absolute Gasteiger partial charge is 0 e. The molecule has 0 nitrogen and oxygen atoms in total. The fourth-order valence-electron chi connectivity index (χ4n) is 0. The minimum Gasteiger partial charge on any atom is 0 e. The summed E-state index contributed by atoms with van der Waals surface area (Å²) in [5.41, 5.74) is 0. The minimum absolute atomic E-state index is 0. The Kier molecular flexibility index (Phi) is 128. The average molecular weight is 444 g/mol. The molecule has 4 heteroatoms. The van der Waals surface area contributed by atoms with Gasteiger partial charge in [-0.25, -0.2) is 0 Å². The molecule has 0 amide bonds. The molecule has 0 rings (SSSR count). The Morgan fingerprint density at radius 1 is 1.00 bits per heavy atom. The normalized spacial score (nSPS) is 0. The van der Waals surface area contributed by atoms with Gasteiger partial charge >= 0.3 is 0 Å². The second-order valence-corrected chi connectivity index (χ2v) is 0. The van der Waals surface area contributed by atoms with Crippen molar-refractivity contribution < 1.29 is 83.8 Å². The summed E-state index contributed by atoms with van der Waals surface area (Å²) in [5.74, 6) is 0. The molecule has 0 saturated heterocycles. The molecule has 30 valence electrons. The topological polar surface area (TPSA) is 0 Å². The quantitative estimate of drug-likeness (QED) is 0.462. The van der Waals surface area contributed by atoms with Crippen LogP contribution < -0.4 is 0 Å². The molecular weight excluding hydrogens is 444 g/mol. The number of hydrogen-bond acceptors (Lipinski definition) is 0. The Morgan fingerprint density at radius 2 is 1.00 bits per heavy atom. The molecule has 0 aliphatic heterocycles. The summed E-state index contributed by atoms with van der Waals surface area (Å²) >= 11 is 0. The molecule has 0 aliphatic carbocycles. The van der Waals surface area contributed by atoms with E-state index in [2.05, 4.69) is 0 Å². The van der Waals surface area contributed by atoms with E-state index in [1.165, 1.54) is 0 Å². The van der Waals surface area contributed by atoms with E-state index in [1.807, 2.05) is 0 Å². The first kappa shape index (κ1) is 29.8. The second kappa shape index (κ2) is 17.2. The van der Waals surface area contributed by atoms with E-state index in [-0.39, 0.29) is 83.8 Å². The third-order valence-corrected chi connectivity index (χ3v) is 0. The first-order valence-electron chi connectivity index (χ1n) is 0. The van der Waals surface area contributed by atoms with Crippen molar-refractivity contribution in [3.8, 4) is 0 Å². The second-order valence-electron chi connectivity index (χ2n) is 0. The molecule has 2 radical (unpaired) electrons. The zero-order chi connectivity index (χ0) is 0. The summed E-state index contributed by atoms with van der Waals surface area (Å²) in [5, 5.41) is 0. The Bertz CT molecular complexity index is 8.00. The maximum absolute atomic E-state index is 0. The molecule has 0 saturated carbocycles. The zero-order valence-corrected chi connectivity index (χ0v) is 9.08. The van der Waals surface area contributed by atoms with Crippen LogP contribution in [0.25, 0.3) is 0 Å². The molecule has 0 aliphatic rings. The molecule has 0 aromatic heterocycles. The monoisotopic (exact) mass is 443 g/mol. The van der Waals surface area contributed by atoms with Crippen LogP contribution in [0.1, 0.15) is 0 Å². The van der Waals surface area contributed by atoms with Gasteiger partial charge in [-0.15, -0.1) is 0 Å². The van der Waals surface area contributed by atoms with Crippen molar-refractivity contribution >= 4 is 0 Å². The number of rotatable bonds is 0. The van der Waals surface area contributed by atoms with E-state index in [1.54, 1.807) is 0 Å². The van der Waals surface area contributed by atoms with Crippen LogP contribution in [-0.2, 0) is 83.8 Å².